The molecule has 1 saturated heterocycles. The van der Waals surface area contributed by atoms with Crippen molar-refractivity contribution < 1.29 is 9.53 Å². The third-order valence-corrected chi connectivity index (χ3v) is 6.75. The molecule has 1 aromatic carbocycles. The van der Waals surface area contributed by atoms with Crippen molar-refractivity contribution in [2.75, 3.05) is 13.2 Å². The molecule has 5 rings (SSSR count). The van der Waals surface area contributed by atoms with Crippen molar-refractivity contribution in [2.45, 2.75) is 69.9 Å². The minimum atomic E-state index is 0.159. The maximum Gasteiger partial charge on any atom is 0.220 e. The summed E-state index contributed by atoms with van der Waals surface area (Å²) in [5.41, 5.74) is 2.45. The first-order chi connectivity index (χ1) is 15.3. The van der Waals surface area contributed by atoms with Gasteiger partial charge in [0.1, 0.15) is 11.6 Å². The Hall–Kier alpha value is -2.67. The Morgan fingerprint density at radius 3 is 2.94 bits per heavy atom. The van der Waals surface area contributed by atoms with Gasteiger partial charge in [0.05, 0.1) is 0 Å². The summed E-state index contributed by atoms with van der Waals surface area (Å²) in [7, 11) is 0. The third-order valence-electron chi connectivity index (χ3n) is 6.75. The number of nitrogens with zero attached hydrogens (tertiary/aromatic N) is 3. The van der Waals surface area contributed by atoms with Crippen LogP contribution in [0.5, 0.6) is 0 Å². The molecule has 0 spiro atoms. The van der Waals surface area contributed by atoms with Crippen LogP contribution in [0, 0.1) is 0 Å². The summed E-state index contributed by atoms with van der Waals surface area (Å²) in [5.74, 6) is 2.79. The Balaban J connectivity index is 1.11. The second kappa shape index (κ2) is 9.22. The number of aromatic nitrogens is 4. The number of aryl methyl sites for hydroxylation is 2. The van der Waals surface area contributed by atoms with Crippen molar-refractivity contribution in [3.05, 3.63) is 47.7 Å². The summed E-state index contributed by atoms with van der Waals surface area (Å²) in [6, 6.07) is 8.54. The Morgan fingerprint density at radius 2 is 2.03 bits per heavy atom. The molecule has 0 saturated carbocycles. The average Bonchev–Trinajstić information content (AvgIpc) is 3.35. The number of benzene rings is 1. The first-order valence-electron chi connectivity index (χ1n) is 11.6. The van der Waals surface area contributed by atoms with E-state index in [0.29, 0.717) is 12.3 Å². The maximum absolute atomic E-state index is 12.6. The van der Waals surface area contributed by atoms with Crippen molar-refractivity contribution >= 4 is 16.8 Å². The molecule has 164 valence electrons. The number of H-pyrrole nitrogens is 1. The lowest BCUT2D eigenvalue weighted by atomic mass is 9.99. The molecule has 3 aromatic rings. The zero-order valence-electron chi connectivity index (χ0n) is 18.0. The van der Waals surface area contributed by atoms with Gasteiger partial charge in [0.15, 0.2) is 0 Å². The van der Waals surface area contributed by atoms with Crippen molar-refractivity contribution in [3.8, 4) is 0 Å². The number of hydrogen-bond acceptors (Lipinski definition) is 4. The van der Waals surface area contributed by atoms with Crippen molar-refractivity contribution in [1.82, 2.24) is 25.1 Å². The minimum Gasteiger partial charge on any atom is -0.381 e. The van der Waals surface area contributed by atoms with E-state index in [1.54, 1.807) is 0 Å². The van der Waals surface area contributed by atoms with E-state index in [-0.39, 0.29) is 11.9 Å². The van der Waals surface area contributed by atoms with Crippen LogP contribution in [0.3, 0.4) is 0 Å². The molecule has 1 fully saturated rings. The van der Waals surface area contributed by atoms with E-state index in [1.165, 1.54) is 10.9 Å². The van der Waals surface area contributed by atoms with Gasteiger partial charge in [-0.1, -0.05) is 18.2 Å². The topological polar surface area (TPSA) is 84.8 Å². The fourth-order valence-corrected chi connectivity index (χ4v) is 4.99. The fraction of sp³-hybridized carbons (Fsp3) is 0.542. The quantitative estimate of drug-likeness (QED) is 0.638. The third kappa shape index (κ3) is 4.51. The molecule has 1 amide bonds. The van der Waals surface area contributed by atoms with Crippen LogP contribution in [-0.4, -0.2) is 44.9 Å². The number of carbonyl (C=O) groups is 1. The van der Waals surface area contributed by atoms with Crippen LogP contribution >= 0.6 is 0 Å². The van der Waals surface area contributed by atoms with Gasteiger partial charge in [-0.05, 0) is 50.2 Å². The van der Waals surface area contributed by atoms with Crippen LogP contribution in [0.25, 0.3) is 10.9 Å². The summed E-state index contributed by atoms with van der Waals surface area (Å²) >= 11 is 0. The highest BCUT2D eigenvalue weighted by molar-refractivity contribution is 5.83. The van der Waals surface area contributed by atoms with Gasteiger partial charge in [0.25, 0.3) is 0 Å². The fourth-order valence-electron chi connectivity index (χ4n) is 4.99. The number of rotatable bonds is 6. The van der Waals surface area contributed by atoms with Crippen molar-refractivity contribution in [2.24, 2.45) is 0 Å². The molecule has 0 bridgehead atoms. The Kier molecular flexibility index (Phi) is 6.02. The number of amides is 1. The van der Waals surface area contributed by atoms with Crippen LogP contribution < -0.4 is 5.32 Å². The van der Waals surface area contributed by atoms with Gasteiger partial charge in [-0.3, -0.25) is 4.79 Å². The molecular weight excluding hydrogens is 390 g/mol. The lowest BCUT2D eigenvalue weighted by Crippen LogP contribution is -2.35. The molecule has 7 heteroatoms. The Bertz CT molecular complexity index is 1030. The van der Waals surface area contributed by atoms with Gasteiger partial charge in [-0.2, -0.15) is 0 Å². The molecule has 31 heavy (non-hydrogen) atoms. The van der Waals surface area contributed by atoms with Gasteiger partial charge in [-0.15, -0.1) is 10.2 Å². The van der Waals surface area contributed by atoms with E-state index >= 15 is 0 Å². The zero-order valence-corrected chi connectivity index (χ0v) is 18.0. The second-order valence-corrected chi connectivity index (χ2v) is 8.82. The highest BCUT2D eigenvalue weighted by atomic mass is 16.5. The molecule has 2 aromatic heterocycles. The van der Waals surface area contributed by atoms with Crippen LogP contribution in [0.4, 0.5) is 0 Å². The minimum absolute atomic E-state index is 0.159. The van der Waals surface area contributed by atoms with Crippen molar-refractivity contribution in [3.63, 3.8) is 0 Å². The van der Waals surface area contributed by atoms with E-state index in [0.717, 1.165) is 81.9 Å². The molecule has 2 N–H and O–H groups in total. The number of ether oxygens (including phenoxy) is 1. The first-order valence-corrected chi connectivity index (χ1v) is 11.6. The van der Waals surface area contributed by atoms with Crippen LogP contribution in [0.2, 0.25) is 0 Å². The maximum atomic E-state index is 12.6. The lowest BCUT2D eigenvalue weighted by Gasteiger charge is -2.22. The molecule has 2 aliphatic rings. The zero-order chi connectivity index (χ0) is 21.0. The van der Waals surface area contributed by atoms with Crippen LogP contribution in [0.15, 0.2) is 30.5 Å². The van der Waals surface area contributed by atoms with E-state index in [9.17, 15) is 4.79 Å². The number of para-hydroxylation sites is 1. The van der Waals surface area contributed by atoms with Gasteiger partial charge in [0.2, 0.25) is 5.91 Å². The summed E-state index contributed by atoms with van der Waals surface area (Å²) in [4.78, 5) is 15.9. The molecular formula is C24H31N5O2. The number of aromatic amines is 1. The smallest absolute Gasteiger partial charge is 0.220 e. The van der Waals surface area contributed by atoms with Gasteiger partial charge >= 0.3 is 0 Å². The molecule has 0 aliphatic carbocycles. The summed E-state index contributed by atoms with van der Waals surface area (Å²) < 4.78 is 7.80. The molecule has 1 unspecified atom stereocenters. The SMILES string of the molecule is O=C(CCCc1c[nH]c2ccccc12)NC1CCc2nnc(C3CCOCC3)n2CC1. The predicted octanol–water partition coefficient (Wildman–Crippen LogP) is 3.50. The predicted molar refractivity (Wildman–Crippen MR) is 119 cm³/mol. The highest BCUT2D eigenvalue weighted by Crippen LogP contribution is 2.28. The standard InChI is InChI=1S/C24H31N5O2/c30-23(7-3-4-18-16-25-21-6-2-1-5-20(18)21)26-19-8-9-22-27-28-24(29(22)13-10-19)17-11-14-31-15-12-17/h1-2,5-6,16-17,19,25H,3-4,7-15H2,(H,26,30). The van der Waals surface area contributed by atoms with Crippen LogP contribution in [0.1, 0.15) is 61.7 Å². The first kappa shape index (κ1) is 20.2. The second-order valence-electron chi connectivity index (χ2n) is 8.82. The van der Waals surface area contributed by atoms with Gasteiger partial charge in [0, 0.05) is 61.7 Å². The lowest BCUT2D eigenvalue weighted by molar-refractivity contribution is -0.122. The van der Waals surface area contributed by atoms with Crippen LogP contribution in [-0.2, 0) is 28.9 Å². The summed E-state index contributed by atoms with van der Waals surface area (Å²) in [6.07, 6.45) is 9.20. The van der Waals surface area contributed by atoms with E-state index in [4.69, 9.17) is 4.74 Å². The monoisotopic (exact) mass is 421 g/mol. The number of fused-ring (bicyclic) bond motifs is 2. The summed E-state index contributed by atoms with van der Waals surface area (Å²) in [5, 5.41) is 13.5. The molecule has 7 nitrogen and oxygen atoms in total. The Morgan fingerprint density at radius 1 is 1.16 bits per heavy atom. The number of nitrogens with one attached hydrogen (secondary N) is 2. The van der Waals surface area contributed by atoms with E-state index in [2.05, 4.69) is 49.5 Å². The molecule has 0 radical (unpaired) electrons. The summed E-state index contributed by atoms with van der Waals surface area (Å²) in [6.45, 7) is 2.50. The molecule has 4 heterocycles. The highest BCUT2D eigenvalue weighted by Gasteiger charge is 2.26. The normalized spacial score (nSPS) is 19.8. The van der Waals surface area contributed by atoms with E-state index in [1.807, 2.05) is 6.07 Å². The largest absolute Gasteiger partial charge is 0.381 e. The Labute approximate surface area is 182 Å². The van der Waals surface area contributed by atoms with Gasteiger partial charge in [-0.25, -0.2) is 0 Å². The molecule has 2 aliphatic heterocycles. The number of hydrogen-bond donors (Lipinski definition) is 2. The van der Waals surface area contributed by atoms with E-state index < -0.39 is 0 Å². The van der Waals surface area contributed by atoms with Crippen molar-refractivity contribution in [1.29, 1.82) is 0 Å². The molecule has 1 atom stereocenters. The van der Waals surface area contributed by atoms with Gasteiger partial charge < -0.3 is 19.6 Å². The average molecular weight is 422 g/mol. The number of carbonyl (C=O) groups excluding carboxylic acids is 1.